The van der Waals surface area contributed by atoms with E-state index >= 15 is 0 Å². The van der Waals surface area contributed by atoms with Gasteiger partial charge in [-0.1, -0.05) is 51.1 Å². The molecule has 24 heavy (non-hydrogen) atoms. The maximum absolute atomic E-state index is 14.4. The largest absolute Gasteiger partial charge is 0.273 e. The normalized spacial score (nSPS) is 20.3. The first-order valence-corrected chi connectivity index (χ1v) is 8.14. The molecule has 5 nitrogen and oxygen atoms in total. The highest BCUT2D eigenvalue weighted by molar-refractivity contribution is 5.26. The Bertz CT molecular complexity index is 859. The van der Waals surface area contributed by atoms with Crippen molar-refractivity contribution in [2.45, 2.75) is 44.8 Å². The van der Waals surface area contributed by atoms with Gasteiger partial charge < -0.3 is 0 Å². The number of imidazole rings is 1. The van der Waals surface area contributed by atoms with Crippen LogP contribution < -0.4 is 0 Å². The summed E-state index contributed by atoms with van der Waals surface area (Å²) in [6.07, 6.45) is 2.89. The SMILES string of the molecule is CC(C)(C)c1cn(-c2nc3n(n2)C(c2ccccc2)CC3F)cn1. The monoisotopic (exact) mass is 325 g/mol. The molecule has 2 unspecified atom stereocenters. The summed E-state index contributed by atoms with van der Waals surface area (Å²) < 4.78 is 17.9. The Morgan fingerprint density at radius 2 is 1.92 bits per heavy atom. The van der Waals surface area contributed by atoms with Crippen LogP contribution in [-0.4, -0.2) is 24.3 Å². The van der Waals surface area contributed by atoms with Crippen molar-refractivity contribution in [3.8, 4) is 5.95 Å². The molecule has 0 spiro atoms. The molecule has 0 saturated carbocycles. The van der Waals surface area contributed by atoms with Gasteiger partial charge in [0.25, 0.3) is 5.95 Å². The van der Waals surface area contributed by atoms with Crippen molar-refractivity contribution in [1.29, 1.82) is 0 Å². The Hall–Kier alpha value is -2.50. The summed E-state index contributed by atoms with van der Waals surface area (Å²) >= 11 is 0. The fourth-order valence-electron chi connectivity index (χ4n) is 3.05. The number of alkyl halides is 1. The lowest BCUT2D eigenvalue weighted by atomic mass is 9.93. The zero-order valence-electron chi connectivity index (χ0n) is 14.0. The number of nitrogens with zero attached hydrogens (tertiary/aromatic N) is 5. The summed E-state index contributed by atoms with van der Waals surface area (Å²) in [5.74, 6) is 0.862. The Morgan fingerprint density at radius 1 is 1.17 bits per heavy atom. The number of rotatable bonds is 2. The highest BCUT2D eigenvalue weighted by atomic mass is 19.1. The highest BCUT2D eigenvalue weighted by Gasteiger charge is 2.35. The van der Waals surface area contributed by atoms with Gasteiger partial charge >= 0.3 is 0 Å². The van der Waals surface area contributed by atoms with Crippen molar-refractivity contribution in [1.82, 2.24) is 24.3 Å². The third kappa shape index (κ3) is 2.42. The van der Waals surface area contributed by atoms with Crippen LogP contribution >= 0.6 is 0 Å². The van der Waals surface area contributed by atoms with E-state index in [1.165, 1.54) is 0 Å². The number of hydrogen-bond donors (Lipinski definition) is 0. The number of fused-ring (bicyclic) bond motifs is 1. The predicted octanol–water partition coefficient (Wildman–Crippen LogP) is 3.77. The van der Waals surface area contributed by atoms with Crippen LogP contribution in [0.3, 0.4) is 0 Å². The molecule has 0 bridgehead atoms. The minimum atomic E-state index is -1.10. The molecule has 1 aliphatic rings. The second-order valence-electron chi connectivity index (χ2n) is 7.26. The van der Waals surface area contributed by atoms with E-state index in [2.05, 4.69) is 35.8 Å². The van der Waals surface area contributed by atoms with Crippen molar-refractivity contribution >= 4 is 0 Å². The van der Waals surface area contributed by atoms with Gasteiger partial charge in [0, 0.05) is 18.0 Å². The predicted molar refractivity (Wildman–Crippen MR) is 88.9 cm³/mol. The molecular weight excluding hydrogens is 305 g/mol. The smallest absolute Gasteiger partial charge is 0.254 e. The third-order valence-corrected chi connectivity index (χ3v) is 4.42. The second kappa shape index (κ2) is 5.26. The van der Waals surface area contributed by atoms with Crippen molar-refractivity contribution in [2.24, 2.45) is 0 Å². The van der Waals surface area contributed by atoms with Gasteiger partial charge in [0.15, 0.2) is 12.0 Å². The van der Waals surface area contributed by atoms with Gasteiger partial charge in [0.05, 0.1) is 11.7 Å². The highest BCUT2D eigenvalue weighted by Crippen LogP contribution is 2.39. The molecule has 3 aromatic rings. The van der Waals surface area contributed by atoms with Gasteiger partial charge in [-0.15, -0.1) is 5.10 Å². The van der Waals surface area contributed by atoms with E-state index in [-0.39, 0.29) is 11.5 Å². The Balaban J connectivity index is 1.72. The quantitative estimate of drug-likeness (QED) is 0.721. The fourth-order valence-corrected chi connectivity index (χ4v) is 3.05. The van der Waals surface area contributed by atoms with Crippen molar-refractivity contribution < 1.29 is 4.39 Å². The minimum absolute atomic E-state index is 0.0527. The van der Waals surface area contributed by atoms with Crippen molar-refractivity contribution in [3.63, 3.8) is 0 Å². The van der Waals surface area contributed by atoms with Gasteiger partial charge in [-0.05, 0) is 5.56 Å². The van der Waals surface area contributed by atoms with Crippen LogP contribution in [0.5, 0.6) is 0 Å². The zero-order chi connectivity index (χ0) is 16.9. The summed E-state index contributed by atoms with van der Waals surface area (Å²) in [5.41, 5.74) is 1.95. The summed E-state index contributed by atoms with van der Waals surface area (Å²) in [4.78, 5) is 8.84. The van der Waals surface area contributed by atoms with E-state index in [4.69, 9.17) is 0 Å². The van der Waals surface area contributed by atoms with Crippen LogP contribution in [0.4, 0.5) is 4.39 Å². The summed E-state index contributed by atoms with van der Waals surface area (Å²) in [7, 11) is 0. The van der Waals surface area contributed by atoms with E-state index in [1.54, 1.807) is 15.6 Å². The third-order valence-electron chi connectivity index (χ3n) is 4.42. The summed E-state index contributed by atoms with van der Waals surface area (Å²) in [6, 6.07) is 9.78. The molecule has 0 radical (unpaired) electrons. The number of aromatic nitrogens is 5. The maximum atomic E-state index is 14.4. The minimum Gasteiger partial charge on any atom is -0.273 e. The molecule has 0 amide bonds. The lowest BCUT2D eigenvalue weighted by molar-refractivity contribution is 0.328. The standard InChI is InChI=1S/C18H20FN5/c1-18(2,3)15-10-23(11-20-15)17-21-16-13(19)9-14(24(16)22-17)12-7-5-4-6-8-12/h4-8,10-11,13-14H,9H2,1-3H3. The second-order valence-corrected chi connectivity index (χ2v) is 7.26. The first-order chi connectivity index (χ1) is 11.4. The molecule has 0 saturated heterocycles. The molecule has 3 heterocycles. The first-order valence-electron chi connectivity index (χ1n) is 8.14. The van der Waals surface area contributed by atoms with Crippen molar-refractivity contribution in [2.75, 3.05) is 0 Å². The zero-order valence-corrected chi connectivity index (χ0v) is 14.0. The molecular formula is C18H20FN5. The molecule has 0 fully saturated rings. The average Bonchev–Trinajstić information content (AvgIpc) is 3.23. The molecule has 0 aliphatic carbocycles. The first kappa shape index (κ1) is 15.1. The molecule has 124 valence electrons. The average molecular weight is 325 g/mol. The van der Waals surface area contributed by atoms with E-state index in [9.17, 15) is 4.39 Å². The van der Waals surface area contributed by atoms with Gasteiger partial charge in [0.1, 0.15) is 6.33 Å². The lowest BCUT2D eigenvalue weighted by Gasteiger charge is -2.13. The van der Waals surface area contributed by atoms with Gasteiger partial charge in [-0.3, -0.25) is 4.57 Å². The summed E-state index contributed by atoms with van der Waals surface area (Å²) in [6.45, 7) is 6.30. The topological polar surface area (TPSA) is 48.5 Å². The molecule has 1 aliphatic heterocycles. The lowest BCUT2D eigenvalue weighted by Crippen LogP contribution is -2.11. The molecule has 2 aromatic heterocycles. The fraction of sp³-hybridized carbons (Fsp3) is 0.389. The van der Waals surface area contributed by atoms with E-state index < -0.39 is 6.17 Å². The number of hydrogen-bond acceptors (Lipinski definition) is 3. The van der Waals surface area contributed by atoms with E-state index in [0.29, 0.717) is 18.2 Å². The maximum Gasteiger partial charge on any atom is 0.254 e. The van der Waals surface area contributed by atoms with Crippen LogP contribution in [0.25, 0.3) is 5.95 Å². The van der Waals surface area contributed by atoms with Crippen molar-refractivity contribution in [3.05, 3.63) is 59.9 Å². The Kier molecular flexibility index (Phi) is 3.30. The van der Waals surface area contributed by atoms with Crippen LogP contribution in [0.15, 0.2) is 42.9 Å². The van der Waals surface area contributed by atoms with Crippen LogP contribution in [-0.2, 0) is 5.41 Å². The van der Waals surface area contributed by atoms with Gasteiger partial charge in [0.2, 0.25) is 0 Å². The van der Waals surface area contributed by atoms with Gasteiger partial charge in [-0.2, -0.15) is 4.98 Å². The molecule has 1 aromatic carbocycles. The summed E-state index contributed by atoms with van der Waals surface area (Å²) in [5, 5.41) is 4.55. The molecule has 6 heteroatoms. The van der Waals surface area contributed by atoms with Gasteiger partial charge in [-0.25, -0.2) is 14.1 Å². The Labute approximate surface area is 140 Å². The molecule has 2 atom stereocenters. The van der Waals surface area contributed by atoms with Crippen LogP contribution in [0.1, 0.15) is 56.5 Å². The Morgan fingerprint density at radius 3 is 2.58 bits per heavy atom. The molecule has 4 rings (SSSR count). The van der Waals surface area contributed by atoms with Crippen LogP contribution in [0.2, 0.25) is 0 Å². The van der Waals surface area contributed by atoms with E-state index in [0.717, 1.165) is 11.3 Å². The van der Waals surface area contributed by atoms with Crippen LogP contribution in [0, 0.1) is 0 Å². The number of halogens is 1. The van der Waals surface area contributed by atoms with E-state index in [1.807, 2.05) is 36.5 Å². The number of benzene rings is 1. The molecule has 0 N–H and O–H groups in total.